The molecule has 5 N–H and O–H groups in total. The third kappa shape index (κ3) is 1.84. The highest BCUT2D eigenvalue weighted by atomic mass is 16.5. The van der Waals surface area contributed by atoms with Crippen LogP contribution in [0, 0.1) is 0 Å². The number of rotatable bonds is 3. The van der Waals surface area contributed by atoms with E-state index in [-0.39, 0.29) is 6.61 Å². The molecule has 0 saturated heterocycles. The van der Waals surface area contributed by atoms with Crippen LogP contribution in [0.5, 0.6) is 5.75 Å². The van der Waals surface area contributed by atoms with Gasteiger partial charge in [0.05, 0.1) is 24.6 Å². The highest BCUT2D eigenvalue weighted by Crippen LogP contribution is 2.30. The number of ether oxygens (including phenoxy) is 1. The van der Waals surface area contributed by atoms with Crippen LogP contribution in [0.3, 0.4) is 0 Å². The summed E-state index contributed by atoms with van der Waals surface area (Å²) in [5.41, 5.74) is 12.8. The Kier molecular flexibility index (Phi) is 2.97. The van der Waals surface area contributed by atoms with E-state index in [4.69, 9.17) is 21.3 Å². The smallest absolute Gasteiger partial charge is 0.144 e. The lowest BCUT2D eigenvalue weighted by Gasteiger charge is -2.11. The zero-order valence-corrected chi connectivity index (χ0v) is 7.58. The van der Waals surface area contributed by atoms with Gasteiger partial charge in [0.2, 0.25) is 0 Å². The maximum Gasteiger partial charge on any atom is 0.144 e. The summed E-state index contributed by atoms with van der Waals surface area (Å²) in [5.74, 6) is 0.567. The third-order valence-corrected chi connectivity index (χ3v) is 1.81. The van der Waals surface area contributed by atoms with Crippen molar-refractivity contribution in [1.29, 1.82) is 0 Å². The Morgan fingerprint density at radius 2 is 2.00 bits per heavy atom. The second-order valence-electron chi connectivity index (χ2n) is 2.64. The van der Waals surface area contributed by atoms with E-state index < -0.39 is 0 Å². The highest BCUT2D eigenvalue weighted by molar-refractivity contribution is 5.74. The molecule has 0 aliphatic heterocycles. The predicted octanol–water partition coefficient (Wildman–Crippen LogP) is 0.742. The standard InChI is InChI=1S/C9H14N2O2/c1-2-13-7-4-3-6(5-12)8(10)9(7)11/h3-4,12H,2,5,10-11H2,1H3. The maximum absolute atomic E-state index is 8.89. The average molecular weight is 182 g/mol. The summed E-state index contributed by atoms with van der Waals surface area (Å²) in [7, 11) is 0. The average Bonchev–Trinajstić information content (AvgIpc) is 2.14. The minimum absolute atomic E-state index is 0.109. The maximum atomic E-state index is 8.89. The SMILES string of the molecule is CCOc1ccc(CO)c(N)c1N. The Hall–Kier alpha value is -1.42. The van der Waals surface area contributed by atoms with Gasteiger partial charge in [0.25, 0.3) is 0 Å². The predicted molar refractivity (Wildman–Crippen MR) is 52.4 cm³/mol. The summed E-state index contributed by atoms with van der Waals surface area (Å²) in [6.45, 7) is 2.31. The van der Waals surface area contributed by atoms with Gasteiger partial charge in [-0.15, -0.1) is 0 Å². The van der Waals surface area contributed by atoms with E-state index >= 15 is 0 Å². The van der Waals surface area contributed by atoms with E-state index in [0.29, 0.717) is 29.3 Å². The second kappa shape index (κ2) is 4.00. The molecule has 0 aliphatic rings. The molecule has 1 aromatic carbocycles. The van der Waals surface area contributed by atoms with Crippen molar-refractivity contribution < 1.29 is 9.84 Å². The van der Waals surface area contributed by atoms with Gasteiger partial charge in [0, 0.05) is 5.56 Å². The Bertz CT molecular complexity index is 300. The van der Waals surface area contributed by atoms with Gasteiger partial charge in [-0.2, -0.15) is 0 Å². The van der Waals surface area contributed by atoms with Gasteiger partial charge in [-0.05, 0) is 13.0 Å². The van der Waals surface area contributed by atoms with Crippen molar-refractivity contribution in [2.75, 3.05) is 18.1 Å². The molecule has 4 heteroatoms. The minimum atomic E-state index is -0.109. The fraction of sp³-hybridized carbons (Fsp3) is 0.333. The fourth-order valence-electron chi connectivity index (χ4n) is 1.08. The third-order valence-electron chi connectivity index (χ3n) is 1.81. The molecule has 0 saturated carbocycles. The highest BCUT2D eigenvalue weighted by Gasteiger charge is 2.07. The summed E-state index contributed by atoms with van der Waals surface area (Å²) in [5, 5.41) is 8.89. The van der Waals surface area contributed by atoms with E-state index in [0.717, 1.165) is 0 Å². The fourth-order valence-corrected chi connectivity index (χ4v) is 1.08. The normalized spacial score (nSPS) is 10.0. The molecule has 72 valence electrons. The van der Waals surface area contributed by atoms with Gasteiger partial charge >= 0.3 is 0 Å². The molecule has 0 bridgehead atoms. The monoisotopic (exact) mass is 182 g/mol. The first-order chi connectivity index (χ1) is 6.20. The summed E-state index contributed by atoms with van der Waals surface area (Å²) in [6.07, 6.45) is 0. The first kappa shape index (κ1) is 9.67. The summed E-state index contributed by atoms with van der Waals surface area (Å²) in [6, 6.07) is 3.41. The van der Waals surface area contributed by atoms with Crippen molar-refractivity contribution in [3.05, 3.63) is 17.7 Å². The molecule has 4 nitrogen and oxygen atoms in total. The molecule has 0 heterocycles. The molecule has 0 fully saturated rings. The van der Waals surface area contributed by atoms with Crippen LogP contribution in [0.2, 0.25) is 0 Å². The van der Waals surface area contributed by atoms with E-state index in [1.807, 2.05) is 6.92 Å². The van der Waals surface area contributed by atoms with Gasteiger partial charge in [-0.25, -0.2) is 0 Å². The lowest BCUT2D eigenvalue weighted by Crippen LogP contribution is -2.03. The first-order valence-corrected chi connectivity index (χ1v) is 4.11. The second-order valence-corrected chi connectivity index (χ2v) is 2.64. The van der Waals surface area contributed by atoms with E-state index in [1.54, 1.807) is 12.1 Å². The van der Waals surface area contributed by atoms with E-state index in [9.17, 15) is 0 Å². The molecule has 0 spiro atoms. The molecule has 0 radical (unpaired) electrons. The topological polar surface area (TPSA) is 81.5 Å². The molecule has 0 aromatic heterocycles. The van der Waals surface area contributed by atoms with Crippen molar-refractivity contribution in [3.63, 3.8) is 0 Å². The van der Waals surface area contributed by atoms with Crippen LogP contribution in [-0.2, 0) is 6.61 Å². The Balaban J connectivity index is 3.07. The van der Waals surface area contributed by atoms with Crippen LogP contribution in [0.25, 0.3) is 0 Å². The molecule has 0 unspecified atom stereocenters. The zero-order chi connectivity index (χ0) is 9.84. The van der Waals surface area contributed by atoms with Crippen LogP contribution < -0.4 is 16.2 Å². The Morgan fingerprint density at radius 1 is 1.31 bits per heavy atom. The van der Waals surface area contributed by atoms with E-state index in [2.05, 4.69) is 0 Å². The molecular formula is C9H14N2O2. The van der Waals surface area contributed by atoms with Gasteiger partial charge in [0.15, 0.2) is 0 Å². The van der Waals surface area contributed by atoms with Crippen molar-refractivity contribution in [2.45, 2.75) is 13.5 Å². The van der Waals surface area contributed by atoms with Crippen molar-refractivity contribution >= 4 is 11.4 Å². The molecule has 1 rings (SSSR count). The number of nitrogen functional groups attached to an aromatic ring is 2. The number of aliphatic hydroxyl groups excluding tert-OH is 1. The quantitative estimate of drug-likeness (QED) is 0.602. The van der Waals surface area contributed by atoms with Crippen LogP contribution in [-0.4, -0.2) is 11.7 Å². The first-order valence-electron chi connectivity index (χ1n) is 4.11. The number of hydrogen-bond acceptors (Lipinski definition) is 4. The lowest BCUT2D eigenvalue weighted by molar-refractivity contribution is 0.282. The van der Waals surface area contributed by atoms with Crippen molar-refractivity contribution in [3.8, 4) is 5.75 Å². The van der Waals surface area contributed by atoms with Crippen LogP contribution in [0.4, 0.5) is 11.4 Å². The molecule has 1 aromatic rings. The minimum Gasteiger partial charge on any atom is -0.492 e. The number of nitrogens with two attached hydrogens (primary N) is 2. The number of benzene rings is 1. The summed E-state index contributed by atoms with van der Waals surface area (Å²) >= 11 is 0. The van der Waals surface area contributed by atoms with Gasteiger partial charge < -0.3 is 21.3 Å². The lowest BCUT2D eigenvalue weighted by atomic mass is 10.1. The largest absolute Gasteiger partial charge is 0.492 e. The molecule has 0 aliphatic carbocycles. The van der Waals surface area contributed by atoms with Crippen molar-refractivity contribution in [2.24, 2.45) is 0 Å². The number of aliphatic hydroxyl groups is 1. The molecule has 0 atom stereocenters. The van der Waals surface area contributed by atoms with Crippen LogP contribution >= 0.6 is 0 Å². The van der Waals surface area contributed by atoms with Gasteiger partial charge in [-0.3, -0.25) is 0 Å². The molecule has 0 amide bonds. The van der Waals surface area contributed by atoms with Crippen LogP contribution in [0.1, 0.15) is 12.5 Å². The summed E-state index contributed by atoms with van der Waals surface area (Å²) < 4.78 is 5.23. The van der Waals surface area contributed by atoms with Crippen molar-refractivity contribution in [1.82, 2.24) is 0 Å². The Labute approximate surface area is 77.1 Å². The number of anilines is 2. The molecule has 13 heavy (non-hydrogen) atoms. The van der Waals surface area contributed by atoms with Gasteiger partial charge in [0.1, 0.15) is 5.75 Å². The van der Waals surface area contributed by atoms with Gasteiger partial charge in [-0.1, -0.05) is 6.07 Å². The zero-order valence-electron chi connectivity index (χ0n) is 7.58. The Morgan fingerprint density at radius 3 is 2.54 bits per heavy atom. The molecular weight excluding hydrogens is 168 g/mol. The summed E-state index contributed by atoms with van der Waals surface area (Å²) in [4.78, 5) is 0. The number of hydrogen-bond donors (Lipinski definition) is 3. The van der Waals surface area contributed by atoms with Crippen LogP contribution in [0.15, 0.2) is 12.1 Å². The van der Waals surface area contributed by atoms with E-state index in [1.165, 1.54) is 0 Å².